The van der Waals surface area contributed by atoms with E-state index < -0.39 is 0 Å². The molecule has 0 radical (unpaired) electrons. The lowest BCUT2D eigenvalue weighted by molar-refractivity contribution is -0.118. The number of carbonyl (C=O) groups excluding carboxylic acids is 1. The molecule has 1 aromatic rings. The lowest BCUT2D eigenvalue weighted by Gasteiger charge is -2.26. The number of benzene rings is 1. The number of carbonyl (C=O) groups is 1. The van der Waals surface area contributed by atoms with Crippen molar-refractivity contribution in [3.05, 3.63) is 29.8 Å². The van der Waals surface area contributed by atoms with Gasteiger partial charge >= 0.3 is 0 Å². The fourth-order valence-electron chi connectivity index (χ4n) is 2.82. The normalized spacial score (nSPS) is 23.5. The van der Waals surface area contributed by atoms with E-state index in [9.17, 15) is 4.79 Å². The molecule has 2 rings (SSSR count). The van der Waals surface area contributed by atoms with Gasteiger partial charge in [0.25, 0.3) is 0 Å². The Balaban J connectivity index is 1.87. The van der Waals surface area contributed by atoms with E-state index in [1.807, 2.05) is 24.3 Å². The topological polar surface area (TPSA) is 64.3 Å². The van der Waals surface area contributed by atoms with Gasteiger partial charge in [-0.1, -0.05) is 31.9 Å². The largest absolute Gasteiger partial charge is 0.374 e. The summed E-state index contributed by atoms with van der Waals surface area (Å²) in [5.74, 6) is 0.418. The van der Waals surface area contributed by atoms with E-state index in [1.165, 1.54) is 19.3 Å². The third kappa shape index (κ3) is 5.05. The van der Waals surface area contributed by atoms with Crippen molar-refractivity contribution in [1.82, 2.24) is 0 Å². The summed E-state index contributed by atoms with van der Waals surface area (Å²) in [4.78, 5) is 11.1. The van der Waals surface area contributed by atoms with Gasteiger partial charge in [-0.25, -0.2) is 0 Å². The summed E-state index contributed by atoms with van der Waals surface area (Å²) in [5.41, 5.74) is 7.29. The van der Waals surface area contributed by atoms with Gasteiger partial charge in [0.1, 0.15) is 6.04 Å². The van der Waals surface area contributed by atoms with Crippen molar-refractivity contribution in [2.75, 3.05) is 5.32 Å². The van der Waals surface area contributed by atoms with Crippen LogP contribution in [-0.4, -0.2) is 18.1 Å². The minimum Gasteiger partial charge on any atom is -0.374 e. The van der Waals surface area contributed by atoms with Gasteiger partial charge in [0, 0.05) is 5.69 Å². The van der Waals surface area contributed by atoms with Crippen LogP contribution in [0.3, 0.4) is 0 Å². The molecule has 3 atom stereocenters. The first-order chi connectivity index (χ1) is 10.0. The van der Waals surface area contributed by atoms with Crippen molar-refractivity contribution in [2.24, 2.45) is 11.7 Å². The first kappa shape index (κ1) is 15.8. The number of nitrogens with one attached hydrogen (secondary N) is 1. The van der Waals surface area contributed by atoms with Crippen LogP contribution in [0, 0.1) is 5.92 Å². The second-order valence-electron chi connectivity index (χ2n) is 6.17. The Bertz CT molecular complexity index is 476. The monoisotopic (exact) mass is 290 g/mol. The quantitative estimate of drug-likeness (QED) is 0.846. The maximum Gasteiger partial charge on any atom is 0.239 e. The van der Waals surface area contributed by atoms with E-state index in [4.69, 9.17) is 10.5 Å². The van der Waals surface area contributed by atoms with E-state index in [0.717, 1.165) is 23.6 Å². The van der Waals surface area contributed by atoms with E-state index in [2.05, 4.69) is 12.2 Å². The Labute approximate surface area is 127 Å². The highest BCUT2D eigenvalue weighted by Crippen LogP contribution is 2.26. The van der Waals surface area contributed by atoms with Crippen LogP contribution in [0.15, 0.2) is 24.3 Å². The van der Waals surface area contributed by atoms with Gasteiger partial charge in [-0.2, -0.15) is 0 Å². The number of rotatable bonds is 6. The lowest BCUT2D eigenvalue weighted by atomic mass is 9.89. The van der Waals surface area contributed by atoms with Crippen molar-refractivity contribution in [3.8, 4) is 0 Å². The van der Waals surface area contributed by atoms with Gasteiger partial charge in [-0.15, -0.1) is 0 Å². The minimum atomic E-state index is -0.375. The fraction of sp³-hybridized carbons (Fsp3) is 0.588. The molecule has 0 aromatic heterocycles. The summed E-state index contributed by atoms with van der Waals surface area (Å²) in [6, 6.07) is 7.60. The molecule has 1 saturated carbocycles. The summed E-state index contributed by atoms with van der Waals surface area (Å²) < 4.78 is 6.03. The smallest absolute Gasteiger partial charge is 0.239 e. The number of hydrogen-bond acceptors (Lipinski definition) is 3. The highest BCUT2D eigenvalue weighted by atomic mass is 16.5. The molecule has 1 aliphatic carbocycles. The maximum atomic E-state index is 11.1. The zero-order valence-electron chi connectivity index (χ0n) is 13.0. The molecule has 1 amide bonds. The van der Waals surface area contributed by atoms with Gasteiger partial charge in [0.2, 0.25) is 5.91 Å². The van der Waals surface area contributed by atoms with Crippen LogP contribution < -0.4 is 11.1 Å². The standard InChI is InChI=1S/C17H26N2O2/c1-12-5-3-8-16(9-12)21-11-14-6-4-7-15(10-14)19-13(2)17(18)20/h4,6-7,10,12-13,16,19H,3,5,8-9,11H2,1-2H3,(H2,18,20). The first-order valence-corrected chi connectivity index (χ1v) is 7.81. The summed E-state index contributed by atoms with van der Waals surface area (Å²) in [5, 5.41) is 3.10. The third-order valence-electron chi connectivity index (χ3n) is 4.11. The molecule has 3 N–H and O–H groups in total. The molecule has 0 saturated heterocycles. The molecule has 4 nitrogen and oxygen atoms in total. The SMILES string of the molecule is CC1CCCC(OCc2cccc(NC(C)C(N)=O)c2)C1. The number of primary amides is 1. The molecule has 1 fully saturated rings. The minimum absolute atomic E-state index is 0.354. The van der Waals surface area contributed by atoms with Crippen molar-refractivity contribution < 1.29 is 9.53 Å². The zero-order chi connectivity index (χ0) is 15.2. The Morgan fingerprint density at radius 1 is 1.48 bits per heavy atom. The second kappa shape index (κ2) is 7.46. The lowest BCUT2D eigenvalue weighted by Crippen LogP contribution is -2.32. The molecule has 21 heavy (non-hydrogen) atoms. The van der Waals surface area contributed by atoms with Crippen molar-refractivity contribution in [1.29, 1.82) is 0 Å². The highest BCUT2D eigenvalue weighted by Gasteiger charge is 2.19. The summed E-state index contributed by atoms with van der Waals surface area (Å²) in [6.07, 6.45) is 5.31. The van der Waals surface area contributed by atoms with Crippen LogP contribution in [0.25, 0.3) is 0 Å². The fourth-order valence-corrected chi connectivity index (χ4v) is 2.82. The predicted molar refractivity (Wildman–Crippen MR) is 84.9 cm³/mol. The Hall–Kier alpha value is -1.55. The molecule has 3 unspecified atom stereocenters. The molecular formula is C17H26N2O2. The molecule has 116 valence electrons. The van der Waals surface area contributed by atoms with Crippen molar-refractivity contribution in [2.45, 2.75) is 58.3 Å². The molecule has 1 aromatic carbocycles. The van der Waals surface area contributed by atoms with Crippen LogP contribution >= 0.6 is 0 Å². The second-order valence-corrected chi connectivity index (χ2v) is 6.17. The molecular weight excluding hydrogens is 264 g/mol. The summed E-state index contributed by atoms with van der Waals surface area (Å²) in [6.45, 7) is 4.68. The number of amides is 1. The molecule has 1 aliphatic rings. The van der Waals surface area contributed by atoms with Crippen molar-refractivity contribution in [3.63, 3.8) is 0 Å². The molecule has 0 heterocycles. The number of anilines is 1. The Morgan fingerprint density at radius 3 is 3.00 bits per heavy atom. The van der Waals surface area contributed by atoms with E-state index in [0.29, 0.717) is 12.7 Å². The Kier molecular flexibility index (Phi) is 5.62. The highest BCUT2D eigenvalue weighted by molar-refractivity contribution is 5.82. The van der Waals surface area contributed by atoms with Gasteiger partial charge < -0.3 is 15.8 Å². The van der Waals surface area contributed by atoms with Crippen LogP contribution in [0.1, 0.15) is 45.1 Å². The van der Waals surface area contributed by atoms with Crippen LogP contribution in [0.4, 0.5) is 5.69 Å². The predicted octanol–water partition coefficient (Wildman–Crippen LogP) is 3.07. The van der Waals surface area contributed by atoms with Crippen molar-refractivity contribution >= 4 is 11.6 Å². The number of hydrogen-bond donors (Lipinski definition) is 2. The van der Waals surface area contributed by atoms with E-state index >= 15 is 0 Å². The Morgan fingerprint density at radius 2 is 2.29 bits per heavy atom. The average molecular weight is 290 g/mol. The molecule has 0 bridgehead atoms. The first-order valence-electron chi connectivity index (χ1n) is 7.81. The summed E-state index contributed by atoms with van der Waals surface area (Å²) >= 11 is 0. The average Bonchev–Trinajstić information content (AvgIpc) is 2.45. The van der Waals surface area contributed by atoms with E-state index in [-0.39, 0.29) is 11.9 Å². The van der Waals surface area contributed by atoms with Gasteiger partial charge in [0.15, 0.2) is 0 Å². The molecule has 0 spiro atoms. The van der Waals surface area contributed by atoms with Crippen LogP contribution in [0.5, 0.6) is 0 Å². The van der Waals surface area contributed by atoms with E-state index in [1.54, 1.807) is 6.92 Å². The van der Waals surface area contributed by atoms with Gasteiger partial charge in [-0.3, -0.25) is 4.79 Å². The van der Waals surface area contributed by atoms with Gasteiger partial charge in [0.05, 0.1) is 12.7 Å². The number of nitrogens with two attached hydrogens (primary N) is 1. The number of ether oxygens (including phenoxy) is 1. The van der Waals surface area contributed by atoms with Crippen LogP contribution in [-0.2, 0) is 16.1 Å². The molecule has 4 heteroatoms. The van der Waals surface area contributed by atoms with Gasteiger partial charge in [-0.05, 0) is 43.4 Å². The maximum absolute atomic E-state index is 11.1. The zero-order valence-corrected chi connectivity index (χ0v) is 13.0. The summed E-state index contributed by atoms with van der Waals surface area (Å²) in [7, 11) is 0. The third-order valence-corrected chi connectivity index (χ3v) is 4.11. The van der Waals surface area contributed by atoms with Crippen LogP contribution in [0.2, 0.25) is 0 Å². The molecule has 0 aliphatic heterocycles.